The summed E-state index contributed by atoms with van der Waals surface area (Å²) in [5.74, 6) is 0. The average molecular weight is 232 g/mol. The van der Waals surface area contributed by atoms with Crippen LogP contribution in [0.3, 0.4) is 0 Å². The zero-order valence-corrected chi connectivity index (χ0v) is 10.8. The maximum Gasteiger partial charge on any atom is -0.0105 e. The standard InChI is InChI=1S/C18H16/c1-13-10-14(2)12-16(11-13)18-9-5-7-15-6-3-4-8-17(15)18/h3-12H,1-2H3. The van der Waals surface area contributed by atoms with Crippen LogP contribution in [0.2, 0.25) is 0 Å². The van der Waals surface area contributed by atoms with Crippen LogP contribution in [-0.2, 0) is 0 Å². The summed E-state index contributed by atoms with van der Waals surface area (Å²) in [6.45, 7) is 4.31. The molecule has 0 saturated carbocycles. The largest absolute Gasteiger partial charge is 0.0616 e. The third-order valence-corrected chi connectivity index (χ3v) is 3.32. The molecule has 3 aromatic carbocycles. The van der Waals surface area contributed by atoms with Crippen LogP contribution in [0, 0.1) is 13.8 Å². The minimum Gasteiger partial charge on any atom is -0.0616 e. The number of benzene rings is 3. The summed E-state index contributed by atoms with van der Waals surface area (Å²) in [4.78, 5) is 0. The van der Waals surface area contributed by atoms with E-state index in [1.54, 1.807) is 0 Å². The van der Waals surface area contributed by atoms with Crippen LogP contribution < -0.4 is 0 Å². The Kier molecular flexibility index (Phi) is 2.64. The highest BCUT2D eigenvalue weighted by molar-refractivity contribution is 5.96. The van der Waals surface area contributed by atoms with Crippen LogP contribution in [0.15, 0.2) is 60.7 Å². The lowest BCUT2D eigenvalue weighted by molar-refractivity contribution is 1.39. The fraction of sp³-hybridized carbons (Fsp3) is 0.111. The highest BCUT2D eigenvalue weighted by Crippen LogP contribution is 2.29. The van der Waals surface area contributed by atoms with E-state index in [0.29, 0.717) is 0 Å². The monoisotopic (exact) mass is 232 g/mol. The van der Waals surface area contributed by atoms with E-state index in [-0.39, 0.29) is 0 Å². The van der Waals surface area contributed by atoms with E-state index < -0.39 is 0 Å². The van der Waals surface area contributed by atoms with E-state index in [1.165, 1.54) is 33.0 Å². The van der Waals surface area contributed by atoms with Gasteiger partial charge in [-0.25, -0.2) is 0 Å². The first kappa shape index (κ1) is 11.0. The van der Waals surface area contributed by atoms with Crippen molar-refractivity contribution in [2.24, 2.45) is 0 Å². The number of rotatable bonds is 1. The van der Waals surface area contributed by atoms with Gasteiger partial charge in [0.15, 0.2) is 0 Å². The highest BCUT2D eigenvalue weighted by atomic mass is 14.1. The molecule has 0 atom stereocenters. The van der Waals surface area contributed by atoms with Gasteiger partial charge in [0.2, 0.25) is 0 Å². The van der Waals surface area contributed by atoms with Crippen LogP contribution in [0.5, 0.6) is 0 Å². The molecule has 0 aromatic heterocycles. The first-order chi connectivity index (χ1) is 8.74. The van der Waals surface area contributed by atoms with Gasteiger partial charge >= 0.3 is 0 Å². The van der Waals surface area contributed by atoms with Crippen LogP contribution in [0.4, 0.5) is 0 Å². The molecular formula is C18H16. The minimum atomic E-state index is 1.30. The van der Waals surface area contributed by atoms with Crippen molar-refractivity contribution in [1.82, 2.24) is 0 Å². The summed E-state index contributed by atoms with van der Waals surface area (Å²) in [5.41, 5.74) is 5.26. The Morgan fingerprint density at radius 3 is 2.11 bits per heavy atom. The van der Waals surface area contributed by atoms with E-state index in [1.807, 2.05) is 0 Å². The maximum absolute atomic E-state index is 2.26. The predicted octanol–water partition coefficient (Wildman–Crippen LogP) is 5.12. The van der Waals surface area contributed by atoms with Crippen LogP contribution in [-0.4, -0.2) is 0 Å². The summed E-state index contributed by atoms with van der Waals surface area (Å²) < 4.78 is 0. The molecule has 88 valence electrons. The van der Waals surface area contributed by atoms with E-state index in [4.69, 9.17) is 0 Å². The van der Waals surface area contributed by atoms with E-state index >= 15 is 0 Å². The Balaban J connectivity index is 2.31. The molecule has 0 amide bonds. The van der Waals surface area contributed by atoms with Crippen molar-refractivity contribution in [2.75, 3.05) is 0 Å². The first-order valence-electron chi connectivity index (χ1n) is 6.30. The van der Waals surface area contributed by atoms with Crippen molar-refractivity contribution in [3.8, 4) is 11.1 Å². The van der Waals surface area contributed by atoms with Crippen molar-refractivity contribution in [3.05, 3.63) is 71.8 Å². The third-order valence-electron chi connectivity index (χ3n) is 3.32. The Morgan fingerprint density at radius 1 is 0.667 bits per heavy atom. The van der Waals surface area contributed by atoms with E-state index in [2.05, 4.69) is 74.5 Å². The van der Waals surface area contributed by atoms with Crippen molar-refractivity contribution >= 4 is 10.8 Å². The van der Waals surface area contributed by atoms with Crippen LogP contribution in [0.1, 0.15) is 11.1 Å². The molecule has 0 fully saturated rings. The molecule has 0 bridgehead atoms. The fourth-order valence-electron chi connectivity index (χ4n) is 2.61. The molecule has 3 aromatic rings. The lowest BCUT2D eigenvalue weighted by atomic mass is 9.96. The van der Waals surface area contributed by atoms with Gasteiger partial charge in [-0.3, -0.25) is 0 Å². The normalized spacial score (nSPS) is 10.8. The Hall–Kier alpha value is -2.08. The molecule has 0 heterocycles. The molecule has 18 heavy (non-hydrogen) atoms. The molecule has 0 aliphatic carbocycles. The van der Waals surface area contributed by atoms with Crippen molar-refractivity contribution in [1.29, 1.82) is 0 Å². The highest BCUT2D eigenvalue weighted by Gasteiger charge is 2.04. The molecule has 0 heteroatoms. The van der Waals surface area contributed by atoms with Crippen LogP contribution >= 0.6 is 0 Å². The van der Waals surface area contributed by atoms with Gasteiger partial charge in [-0.15, -0.1) is 0 Å². The van der Waals surface area contributed by atoms with Gasteiger partial charge in [-0.05, 0) is 35.7 Å². The molecule has 0 nitrogen and oxygen atoms in total. The molecular weight excluding hydrogens is 216 g/mol. The summed E-state index contributed by atoms with van der Waals surface area (Å²) in [6, 6.07) is 21.8. The van der Waals surface area contributed by atoms with Crippen molar-refractivity contribution in [3.63, 3.8) is 0 Å². The summed E-state index contributed by atoms with van der Waals surface area (Å²) in [5, 5.41) is 2.62. The SMILES string of the molecule is Cc1cc(C)cc(-c2cccc3ccccc23)c1. The van der Waals surface area contributed by atoms with Gasteiger partial charge < -0.3 is 0 Å². The molecule has 0 aliphatic heterocycles. The molecule has 0 aliphatic rings. The average Bonchev–Trinajstić information content (AvgIpc) is 2.37. The summed E-state index contributed by atoms with van der Waals surface area (Å²) in [7, 11) is 0. The molecule has 0 N–H and O–H groups in total. The molecule has 0 saturated heterocycles. The van der Waals surface area contributed by atoms with Gasteiger partial charge in [0.1, 0.15) is 0 Å². The fourth-order valence-corrected chi connectivity index (χ4v) is 2.61. The smallest absolute Gasteiger partial charge is 0.0105 e. The second kappa shape index (κ2) is 4.30. The number of hydrogen-bond donors (Lipinski definition) is 0. The third kappa shape index (κ3) is 1.91. The van der Waals surface area contributed by atoms with Crippen molar-refractivity contribution < 1.29 is 0 Å². The second-order valence-corrected chi connectivity index (χ2v) is 4.90. The lowest BCUT2D eigenvalue weighted by Crippen LogP contribution is -1.84. The Bertz CT molecular complexity index is 683. The predicted molar refractivity (Wildman–Crippen MR) is 78.9 cm³/mol. The summed E-state index contributed by atoms with van der Waals surface area (Å²) in [6.07, 6.45) is 0. The molecule has 0 spiro atoms. The van der Waals surface area contributed by atoms with Crippen molar-refractivity contribution in [2.45, 2.75) is 13.8 Å². The Labute approximate surface area is 108 Å². The maximum atomic E-state index is 2.26. The van der Waals surface area contributed by atoms with E-state index in [9.17, 15) is 0 Å². The zero-order valence-electron chi connectivity index (χ0n) is 10.8. The first-order valence-corrected chi connectivity index (χ1v) is 6.30. The quantitative estimate of drug-likeness (QED) is 0.546. The topological polar surface area (TPSA) is 0 Å². The zero-order chi connectivity index (χ0) is 12.5. The number of aryl methyl sites for hydroxylation is 2. The van der Waals surface area contributed by atoms with Crippen LogP contribution in [0.25, 0.3) is 21.9 Å². The van der Waals surface area contributed by atoms with E-state index in [0.717, 1.165) is 0 Å². The Morgan fingerprint density at radius 2 is 1.33 bits per heavy atom. The van der Waals surface area contributed by atoms with Gasteiger partial charge in [0.25, 0.3) is 0 Å². The molecule has 3 rings (SSSR count). The summed E-state index contributed by atoms with van der Waals surface area (Å²) >= 11 is 0. The lowest BCUT2D eigenvalue weighted by Gasteiger charge is -2.09. The number of fused-ring (bicyclic) bond motifs is 1. The van der Waals surface area contributed by atoms with Gasteiger partial charge in [-0.1, -0.05) is 71.8 Å². The van der Waals surface area contributed by atoms with Gasteiger partial charge in [-0.2, -0.15) is 0 Å². The molecule has 0 radical (unpaired) electrons. The molecule has 0 unspecified atom stereocenters. The second-order valence-electron chi connectivity index (χ2n) is 4.90. The minimum absolute atomic E-state index is 1.30. The van der Waals surface area contributed by atoms with Gasteiger partial charge in [0, 0.05) is 0 Å². The number of hydrogen-bond acceptors (Lipinski definition) is 0. The van der Waals surface area contributed by atoms with Gasteiger partial charge in [0.05, 0.1) is 0 Å².